The molecule has 9 heteroatoms. The maximum Gasteiger partial charge on any atom is 0.243 e. The summed E-state index contributed by atoms with van der Waals surface area (Å²) in [5.74, 6) is -1.03. The lowest BCUT2D eigenvalue weighted by Gasteiger charge is -2.34. The Balaban J connectivity index is 1.80. The van der Waals surface area contributed by atoms with E-state index in [4.69, 9.17) is 4.74 Å². The van der Waals surface area contributed by atoms with E-state index >= 15 is 0 Å². The molecule has 1 saturated heterocycles. The molecule has 172 valence electrons. The van der Waals surface area contributed by atoms with Gasteiger partial charge in [0.15, 0.2) is 17.3 Å². The number of amides is 1. The van der Waals surface area contributed by atoms with Gasteiger partial charge in [0.05, 0.1) is 18.0 Å². The van der Waals surface area contributed by atoms with Crippen LogP contribution in [0.15, 0.2) is 47.4 Å². The fourth-order valence-corrected chi connectivity index (χ4v) is 5.45. The first-order valence-electron chi connectivity index (χ1n) is 10.4. The van der Waals surface area contributed by atoms with Gasteiger partial charge in [0.25, 0.3) is 0 Å². The fraction of sp³-hybridized carbons (Fsp3) is 0.391. The van der Waals surface area contributed by atoms with Gasteiger partial charge in [-0.2, -0.15) is 4.31 Å². The third-order valence-corrected chi connectivity index (χ3v) is 7.58. The molecule has 2 atom stereocenters. The number of Topliss-reactive ketones (excluding diaryl/α,β-unsaturated/α-hetero) is 1. The minimum atomic E-state index is -3.93. The number of ether oxygens (including phenoxy) is 1. The first-order valence-corrected chi connectivity index (χ1v) is 11.9. The van der Waals surface area contributed by atoms with Crippen molar-refractivity contribution in [2.75, 3.05) is 13.7 Å². The molecule has 0 radical (unpaired) electrons. The topological polar surface area (TPSA) is 92.8 Å². The third-order valence-electron chi connectivity index (χ3n) is 5.66. The van der Waals surface area contributed by atoms with E-state index in [2.05, 4.69) is 5.32 Å². The van der Waals surface area contributed by atoms with Crippen molar-refractivity contribution < 1.29 is 27.1 Å². The van der Waals surface area contributed by atoms with Crippen LogP contribution in [0.1, 0.15) is 55.1 Å². The molecule has 0 spiro atoms. The lowest BCUT2D eigenvalue weighted by Crippen LogP contribution is -2.52. The first-order chi connectivity index (χ1) is 15.1. The molecule has 7 nitrogen and oxygen atoms in total. The molecule has 0 unspecified atom stereocenters. The van der Waals surface area contributed by atoms with E-state index in [-0.39, 0.29) is 23.0 Å². The molecule has 0 bridgehead atoms. The van der Waals surface area contributed by atoms with Gasteiger partial charge < -0.3 is 10.1 Å². The van der Waals surface area contributed by atoms with Crippen LogP contribution in [0.25, 0.3) is 0 Å². The van der Waals surface area contributed by atoms with Crippen LogP contribution in [-0.2, 0) is 14.8 Å². The highest BCUT2D eigenvalue weighted by Gasteiger charge is 2.38. The number of piperidine rings is 1. The largest absolute Gasteiger partial charge is 0.494 e. The molecule has 1 aliphatic rings. The number of ketones is 1. The number of rotatable bonds is 7. The molecule has 1 amide bonds. The molecule has 3 rings (SSSR count). The Kier molecular flexibility index (Phi) is 7.30. The summed E-state index contributed by atoms with van der Waals surface area (Å²) >= 11 is 0. The van der Waals surface area contributed by atoms with Crippen molar-refractivity contribution in [1.29, 1.82) is 0 Å². The van der Waals surface area contributed by atoms with E-state index in [1.807, 2.05) is 0 Å². The number of hydrogen-bond donors (Lipinski definition) is 1. The average Bonchev–Trinajstić information content (AvgIpc) is 2.79. The van der Waals surface area contributed by atoms with Crippen LogP contribution >= 0.6 is 0 Å². The predicted molar refractivity (Wildman–Crippen MR) is 117 cm³/mol. The molecule has 1 heterocycles. The normalized spacial score (nSPS) is 18.1. The molecule has 1 aliphatic heterocycles. The maximum atomic E-state index is 14.0. The highest BCUT2D eigenvalue weighted by molar-refractivity contribution is 7.89. The molecule has 1 N–H and O–H groups in total. The highest BCUT2D eigenvalue weighted by atomic mass is 32.2. The summed E-state index contributed by atoms with van der Waals surface area (Å²) in [4.78, 5) is 24.6. The van der Waals surface area contributed by atoms with Crippen LogP contribution in [0.2, 0.25) is 0 Å². The molecule has 1 fully saturated rings. The number of nitrogens with zero attached hydrogens (tertiary/aromatic N) is 1. The molecule has 2 aromatic rings. The summed E-state index contributed by atoms with van der Waals surface area (Å²) < 4.78 is 46.7. The first kappa shape index (κ1) is 23.9. The maximum absolute atomic E-state index is 14.0. The zero-order valence-corrected chi connectivity index (χ0v) is 19.1. The van der Waals surface area contributed by atoms with Gasteiger partial charge in [-0.1, -0.05) is 24.6 Å². The second-order valence-electron chi connectivity index (χ2n) is 7.83. The molecule has 0 aliphatic carbocycles. The van der Waals surface area contributed by atoms with Crippen LogP contribution < -0.4 is 10.1 Å². The monoisotopic (exact) mass is 462 g/mol. The smallest absolute Gasteiger partial charge is 0.243 e. The lowest BCUT2D eigenvalue weighted by molar-refractivity contribution is -0.126. The number of benzene rings is 2. The minimum absolute atomic E-state index is 0.0347. The van der Waals surface area contributed by atoms with Gasteiger partial charge in [0.2, 0.25) is 15.9 Å². The van der Waals surface area contributed by atoms with Crippen LogP contribution in [-0.4, -0.2) is 44.1 Å². The lowest BCUT2D eigenvalue weighted by atomic mass is 10.0. The van der Waals surface area contributed by atoms with E-state index in [0.29, 0.717) is 24.0 Å². The van der Waals surface area contributed by atoms with Gasteiger partial charge in [0.1, 0.15) is 6.04 Å². The van der Waals surface area contributed by atoms with Crippen LogP contribution in [0.3, 0.4) is 0 Å². The Labute approximate surface area is 187 Å². The number of halogens is 1. The number of carbonyl (C=O) groups excluding carboxylic acids is 2. The van der Waals surface area contributed by atoms with Crippen molar-refractivity contribution in [2.24, 2.45) is 0 Å². The number of sulfonamides is 1. The summed E-state index contributed by atoms with van der Waals surface area (Å²) in [7, 11) is -2.56. The van der Waals surface area contributed by atoms with Gasteiger partial charge in [-0.3, -0.25) is 9.59 Å². The van der Waals surface area contributed by atoms with E-state index < -0.39 is 33.8 Å². The van der Waals surface area contributed by atoms with E-state index in [9.17, 15) is 22.4 Å². The zero-order chi connectivity index (χ0) is 23.5. The quantitative estimate of drug-likeness (QED) is 0.636. The van der Waals surface area contributed by atoms with Crippen molar-refractivity contribution in [3.05, 3.63) is 59.4 Å². The molecular formula is C23H27FN2O5S. The molecule has 0 aromatic heterocycles. The number of nitrogens with one attached hydrogen (secondary N) is 1. The average molecular weight is 463 g/mol. The van der Waals surface area contributed by atoms with Gasteiger partial charge in [-0.15, -0.1) is 0 Å². The Morgan fingerprint density at radius 1 is 1.16 bits per heavy atom. The summed E-state index contributed by atoms with van der Waals surface area (Å²) in [6, 6.07) is 8.74. The van der Waals surface area contributed by atoms with E-state index in [1.165, 1.54) is 54.7 Å². The number of carbonyl (C=O) groups is 2. The molecular weight excluding hydrogens is 435 g/mol. The number of hydrogen-bond acceptors (Lipinski definition) is 5. The second kappa shape index (κ2) is 9.79. The zero-order valence-electron chi connectivity index (χ0n) is 18.3. The van der Waals surface area contributed by atoms with Crippen LogP contribution in [0.5, 0.6) is 5.75 Å². The van der Waals surface area contributed by atoms with Crippen LogP contribution in [0, 0.1) is 5.82 Å². The SMILES string of the molecule is COc1ccc([C@@H](C)NC(=O)[C@@H]2CCCCN2S(=O)(=O)c2ccc(C(C)=O)cc2)cc1F. The summed E-state index contributed by atoms with van der Waals surface area (Å²) in [5, 5.41) is 2.81. The standard InChI is InChI=1S/C23H27FN2O5S/c1-15(18-9-12-22(31-3)20(24)14-18)25-23(28)21-6-4-5-13-26(21)32(29,30)19-10-7-17(8-11-19)16(2)27/h7-12,14-15,21H,4-6,13H2,1-3H3,(H,25,28)/t15-,21+/m1/s1. The Morgan fingerprint density at radius 3 is 2.44 bits per heavy atom. The highest BCUT2D eigenvalue weighted by Crippen LogP contribution is 2.27. The Bertz CT molecular complexity index is 1100. The summed E-state index contributed by atoms with van der Waals surface area (Å²) in [5.41, 5.74) is 0.958. The van der Waals surface area contributed by atoms with Crippen molar-refractivity contribution in [3.63, 3.8) is 0 Å². The van der Waals surface area contributed by atoms with E-state index in [0.717, 1.165) is 6.42 Å². The Morgan fingerprint density at radius 2 is 1.84 bits per heavy atom. The van der Waals surface area contributed by atoms with Gasteiger partial charge in [-0.05, 0) is 56.5 Å². The number of methoxy groups -OCH3 is 1. The van der Waals surface area contributed by atoms with Crippen LogP contribution in [0.4, 0.5) is 4.39 Å². The van der Waals surface area contributed by atoms with Crippen molar-refractivity contribution in [3.8, 4) is 5.75 Å². The van der Waals surface area contributed by atoms with E-state index in [1.54, 1.807) is 13.0 Å². The second-order valence-corrected chi connectivity index (χ2v) is 9.72. The predicted octanol–water partition coefficient (Wildman–Crippen LogP) is 3.46. The third kappa shape index (κ3) is 4.99. The minimum Gasteiger partial charge on any atom is -0.494 e. The Hall–Kier alpha value is -2.78. The summed E-state index contributed by atoms with van der Waals surface area (Å²) in [6.45, 7) is 3.34. The van der Waals surface area contributed by atoms with Gasteiger partial charge in [0, 0.05) is 12.1 Å². The fourth-order valence-electron chi connectivity index (χ4n) is 3.80. The van der Waals surface area contributed by atoms with Crippen molar-refractivity contribution in [1.82, 2.24) is 9.62 Å². The summed E-state index contributed by atoms with van der Waals surface area (Å²) in [6.07, 6.45) is 1.76. The van der Waals surface area contributed by atoms with Gasteiger partial charge in [-0.25, -0.2) is 12.8 Å². The van der Waals surface area contributed by atoms with Crippen molar-refractivity contribution in [2.45, 2.75) is 50.1 Å². The molecule has 0 saturated carbocycles. The van der Waals surface area contributed by atoms with Gasteiger partial charge >= 0.3 is 0 Å². The van der Waals surface area contributed by atoms with Crippen molar-refractivity contribution >= 4 is 21.7 Å². The molecule has 2 aromatic carbocycles. The molecule has 32 heavy (non-hydrogen) atoms.